The highest BCUT2D eigenvalue weighted by atomic mass is 14.0. The van der Waals surface area contributed by atoms with Crippen molar-refractivity contribution in [2.24, 2.45) is 5.92 Å². The van der Waals surface area contributed by atoms with E-state index in [0.29, 0.717) is 5.92 Å². The van der Waals surface area contributed by atoms with E-state index in [1.54, 1.807) is 0 Å². The molecule has 0 bridgehead atoms. The molecule has 0 aromatic heterocycles. The van der Waals surface area contributed by atoms with Crippen molar-refractivity contribution < 1.29 is 0 Å². The minimum Gasteiger partial charge on any atom is -0.103 e. The van der Waals surface area contributed by atoms with Crippen molar-refractivity contribution in [1.29, 1.82) is 0 Å². The lowest BCUT2D eigenvalue weighted by Crippen LogP contribution is -1.93. The fourth-order valence-corrected chi connectivity index (χ4v) is 1.51. The van der Waals surface area contributed by atoms with Crippen molar-refractivity contribution in [2.75, 3.05) is 0 Å². The van der Waals surface area contributed by atoms with Gasteiger partial charge in [-0.1, -0.05) is 57.8 Å². The number of hydrogen-bond acceptors (Lipinski definition) is 0. The average Bonchev–Trinajstić information content (AvgIpc) is 2.22. The molecule has 82 valence electrons. The molecule has 0 fully saturated rings. The second-order valence-corrected chi connectivity index (χ2v) is 3.99. The lowest BCUT2D eigenvalue weighted by molar-refractivity contribution is 0.561. The molecule has 0 saturated heterocycles. The Morgan fingerprint density at radius 2 is 1.79 bits per heavy atom. The number of rotatable bonds is 9. The van der Waals surface area contributed by atoms with Gasteiger partial charge in [0.1, 0.15) is 0 Å². The van der Waals surface area contributed by atoms with Crippen LogP contribution in [0.1, 0.15) is 58.8 Å². The zero-order valence-corrected chi connectivity index (χ0v) is 9.97. The van der Waals surface area contributed by atoms with Gasteiger partial charge in [0.25, 0.3) is 0 Å². The largest absolute Gasteiger partial charge is 0.103 e. The topological polar surface area (TPSA) is 0 Å². The van der Waals surface area contributed by atoms with Crippen molar-refractivity contribution >= 4 is 0 Å². The van der Waals surface area contributed by atoms with Crippen molar-refractivity contribution in [3.8, 4) is 0 Å². The summed E-state index contributed by atoms with van der Waals surface area (Å²) in [5.74, 6) is 0.702. The lowest BCUT2D eigenvalue weighted by atomic mass is 9.98. The first-order valence-corrected chi connectivity index (χ1v) is 6.12. The van der Waals surface area contributed by atoms with Gasteiger partial charge in [0.15, 0.2) is 0 Å². The Balaban J connectivity index is 3.50. The molecule has 0 aliphatic rings. The van der Waals surface area contributed by atoms with Crippen LogP contribution in [0.3, 0.4) is 0 Å². The molecule has 0 aromatic rings. The average molecular weight is 194 g/mol. The first kappa shape index (κ1) is 13.5. The van der Waals surface area contributed by atoms with Gasteiger partial charge in [-0.15, -0.1) is 6.58 Å². The maximum Gasteiger partial charge on any atom is -0.0202 e. The van der Waals surface area contributed by atoms with E-state index in [1.807, 2.05) is 0 Å². The Morgan fingerprint density at radius 3 is 2.36 bits per heavy atom. The van der Waals surface area contributed by atoms with E-state index < -0.39 is 0 Å². The minimum absolute atomic E-state index is 0.702. The highest BCUT2D eigenvalue weighted by molar-refractivity contribution is 4.89. The fourth-order valence-electron chi connectivity index (χ4n) is 1.51. The van der Waals surface area contributed by atoms with E-state index in [1.165, 1.54) is 44.9 Å². The summed E-state index contributed by atoms with van der Waals surface area (Å²) >= 11 is 0. The van der Waals surface area contributed by atoms with Crippen LogP contribution >= 0.6 is 0 Å². The summed E-state index contributed by atoms with van der Waals surface area (Å²) in [6.07, 6.45) is 15.8. The lowest BCUT2D eigenvalue weighted by Gasteiger charge is -2.07. The fraction of sp³-hybridized carbons (Fsp3) is 0.714. The summed E-state index contributed by atoms with van der Waals surface area (Å²) in [6.45, 7) is 8.38. The van der Waals surface area contributed by atoms with Gasteiger partial charge in [-0.3, -0.25) is 0 Å². The number of allylic oxidation sites excluding steroid dienone is 3. The molecule has 0 nitrogen and oxygen atoms in total. The SMILES string of the molecule is C=CC(CC=CCCCC)CCCC. The maximum atomic E-state index is 3.90. The second-order valence-electron chi connectivity index (χ2n) is 3.99. The molecule has 0 aliphatic carbocycles. The third kappa shape index (κ3) is 8.10. The summed E-state index contributed by atoms with van der Waals surface area (Å²) in [6, 6.07) is 0. The molecular formula is C14H26. The molecule has 0 N–H and O–H groups in total. The van der Waals surface area contributed by atoms with Gasteiger partial charge in [0.2, 0.25) is 0 Å². The molecule has 0 rings (SSSR count). The van der Waals surface area contributed by atoms with Crippen LogP contribution in [0.4, 0.5) is 0 Å². The van der Waals surface area contributed by atoms with Crippen LogP contribution in [-0.2, 0) is 0 Å². The molecule has 0 aromatic carbocycles. The van der Waals surface area contributed by atoms with E-state index >= 15 is 0 Å². The highest BCUT2D eigenvalue weighted by Crippen LogP contribution is 2.14. The molecule has 0 aliphatic heterocycles. The smallest absolute Gasteiger partial charge is 0.0202 e. The van der Waals surface area contributed by atoms with Gasteiger partial charge in [0.05, 0.1) is 0 Å². The van der Waals surface area contributed by atoms with Crippen LogP contribution in [-0.4, -0.2) is 0 Å². The Hall–Kier alpha value is -0.520. The molecule has 1 atom stereocenters. The van der Waals surface area contributed by atoms with Gasteiger partial charge < -0.3 is 0 Å². The van der Waals surface area contributed by atoms with Crippen LogP contribution in [0, 0.1) is 5.92 Å². The van der Waals surface area contributed by atoms with Gasteiger partial charge >= 0.3 is 0 Å². The molecule has 14 heavy (non-hydrogen) atoms. The Morgan fingerprint density at radius 1 is 1.07 bits per heavy atom. The van der Waals surface area contributed by atoms with Gasteiger partial charge in [-0.2, -0.15) is 0 Å². The molecule has 0 heterocycles. The molecule has 0 spiro atoms. The zero-order valence-electron chi connectivity index (χ0n) is 9.97. The standard InChI is InChI=1S/C14H26/c1-4-7-9-10-11-13-14(6-3)12-8-5-2/h6,10-11,14H,3-5,7-9,12-13H2,1-2H3. The molecule has 0 radical (unpaired) electrons. The van der Waals surface area contributed by atoms with Crippen LogP contribution in [0.2, 0.25) is 0 Å². The molecular weight excluding hydrogens is 168 g/mol. The second kappa shape index (κ2) is 10.6. The van der Waals surface area contributed by atoms with Crippen molar-refractivity contribution in [3.05, 3.63) is 24.8 Å². The first-order valence-electron chi connectivity index (χ1n) is 6.12. The van der Waals surface area contributed by atoms with E-state index in [9.17, 15) is 0 Å². The van der Waals surface area contributed by atoms with Crippen LogP contribution < -0.4 is 0 Å². The number of unbranched alkanes of at least 4 members (excludes halogenated alkanes) is 3. The number of hydrogen-bond donors (Lipinski definition) is 0. The predicted molar refractivity (Wildman–Crippen MR) is 66.5 cm³/mol. The van der Waals surface area contributed by atoms with Crippen molar-refractivity contribution in [2.45, 2.75) is 58.8 Å². The first-order chi connectivity index (χ1) is 6.85. The molecule has 0 heteroatoms. The summed E-state index contributed by atoms with van der Waals surface area (Å²) in [5.41, 5.74) is 0. The summed E-state index contributed by atoms with van der Waals surface area (Å²) in [7, 11) is 0. The summed E-state index contributed by atoms with van der Waals surface area (Å²) in [5, 5.41) is 0. The Bertz CT molecular complexity index is 144. The molecule has 0 amide bonds. The van der Waals surface area contributed by atoms with Crippen LogP contribution in [0.25, 0.3) is 0 Å². The third-order valence-electron chi connectivity index (χ3n) is 2.59. The predicted octanol–water partition coefficient (Wildman–Crippen LogP) is 5.12. The monoisotopic (exact) mass is 194 g/mol. The summed E-state index contributed by atoms with van der Waals surface area (Å²) in [4.78, 5) is 0. The normalized spacial score (nSPS) is 13.3. The van der Waals surface area contributed by atoms with Crippen molar-refractivity contribution in [3.63, 3.8) is 0 Å². The summed E-state index contributed by atoms with van der Waals surface area (Å²) < 4.78 is 0. The van der Waals surface area contributed by atoms with E-state index in [2.05, 4.69) is 38.7 Å². The third-order valence-corrected chi connectivity index (χ3v) is 2.59. The zero-order chi connectivity index (χ0) is 10.6. The van der Waals surface area contributed by atoms with Crippen molar-refractivity contribution in [1.82, 2.24) is 0 Å². The van der Waals surface area contributed by atoms with Gasteiger partial charge in [0, 0.05) is 0 Å². The van der Waals surface area contributed by atoms with E-state index in [4.69, 9.17) is 0 Å². The molecule has 0 saturated carbocycles. The Labute approximate surface area is 90.1 Å². The molecule has 1 unspecified atom stereocenters. The quantitative estimate of drug-likeness (QED) is 0.353. The van der Waals surface area contributed by atoms with Gasteiger partial charge in [-0.25, -0.2) is 0 Å². The van der Waals surface area contributed by atoms with E-state index in [-0.39, 0.29) is 0 Å². The van der Waals surface area contributed by atoms with E-state index in [0.717, 1.165) is 0 Å². The maximum absolute atomic E-state index is 3.90. The van der Waals surface area contributed by atoms with Gasteiger partial charge in [-0.05, 0) is 25.2 Å². The minimum atomic E-state index is 0.702. The van der Waals surface area contributed by atoms with Crippen LogP contribution in [0.15, 0.2) is 24.8 Å². The van der Waals surface area contributed by atoms with Crippen LogP contribution in [0.5, 0.6) is 0 Å². The highest BCUT2D eigenvalue weighted by Gasteiger charge is 1.99. The Kier molecular flexibility index (Phi) is 10.2.